The second kappa shape index (κ2) is 66.1. The van der Waals surface area contributed by atoms with Gasteiger partial charge in [-0.05, 0) is 0 Å². The largest absolute Gasteiger partial charge is 5.00 e. The predicted molar refractivity (Wildman–Crippen MR) is 15.8 cm³/mol. The van der Waals surface area contributed by atoms with Crippen LogP contribution in [0, 0.1) is 0 Å². The van der Waals surface area contributed by atoms with E-state index >= 15 is 0 Å². The first kappa shape index (κ1) is 121. The molecule has 0 radical (unpaired) electrons. The molecule has 0 bridgehead atoms. The molecule has 3 nitrogen and oxygen atoms in total. The fourth-order valence-electron chi connectivity index (χ4n) is 0. The quantitative estimate of drug-likeness (QED) is 0.582. The number of hydrogen-bond donors (Lipinski definition) is 0. The van der Waals surface area contributed by atoms with Crippen molar-refractivity contribution < 1.29 is 22.4 Å². The van der Waals surface area contributed by atoms with Gasteiger partial charge in [0.05, 0.1) is 0 Å². The van der Waals surface area contributed by atoms with Crippen LogP contribution in [0.4, 0.5) is 0 Å². The van der Waals surface area contributed by atoms with E-state index in [1.54, 1.807) is 0 Å². The molecule has 0 spiro atoms. The van der Waals surface area contributed by atoms with Gasteiger partial charge in [-0.15, -0.1) is 0 Å². The summed E-state index contributed by atoms with van der Waals surface area (Å²) in [7, 11) is 0. The number of rotatable bonds is 0. The fraction of sp³-hybridized carbons (Fsp3) is 0. The average Bonchev–Trinajstić information content (AvgIpc) is 0. The zero-order valence-corrected chi connectivity index (χ0v) is 7.60. The summed E-state index contributed by atoms with van der Waals surface area (Å²) in [6.07, 6.45) is 0. The van der Waals surface area contributed by atoms with E-state index in [0.717, 1.165) is 0 Å². The van der Waals surface area contributed by atoms with Crippen LogP contribution in [-0.2, 0) is 22.4 Å². The van der Waals surface area contributed by atoms with Crippen molar-refractivity contribution in [3.05, 3.63) is 18.5 Å². The Balaban J connectivity index is 0. The molecular weight excluding hydrogens is 296 g/mol. The van der Waals surface area contributed by atoms with Crippen LogP contribution in [0.1, 0.15) is 0 Å². The molecule has 0 rings (SSSR count). The van der Waals surface area contributed by atoms with E-state index in [1.165, 1.54) is 0 Å². The van der Waals surface area contributed by atoms with E-state index in [9.17, 15) is 0 Å². The van der Waals surface area contributed by atoms with Gasteiger partial charge in [-0.1, -0.05) is 0 Å². The van der Waals surface area contributed by atoms with E-state index in [1.807, 2.05) is 0 Å². The molecule has 0 aliphatic rings. The maximum atomic E-state index is 0. The molecular formula is GeN3Ta. The van der Waals surface area contributed by atoms with Crippen LogP contribution in [0.3, 0.4) is 0 Å². The third-order valence-corrected chi connectivity index (χ3v) is 0. The standard InChI is InChI=1S/Ge.3N.Ta/q+4;3*-3;+5. The Morgan fingerprint density at radius 2 is 0.600 bits per heavy atom. The summed E-state index contributed by atoms with van der Waals surface area (Å²) in [5.41, 5.74) is 0. The van der Waals surface area contributed by atoms with Gasteiger partial charge in [0.1, 0.15) is 0 Å². The van der Waals surface area contributed by atoms with Crippen molar-refractivity contribution in [1.29, 1.82) is 0 Å². The van der Waals surface area contributed by atoms with Gasteiger partial charge in [0.15, 0.2) is 0 Å². The third-order valence-electron chi connectivity index (χ3n) is 0. The molecule has 0 fully saturated rings. The first-order valence-electron chi connectivity index (χ1n) is 0. The van der Waals surface area contributed by atoms with E-state index in [2.05, 4.69) is 0 Å². The summed E-state index contributed by atoms with van der Waals surface area (Å²) in [5, 5.41) is 0. The molecule has 5 heavy (non-hydrogen) atoms. The van der Waals surface area contributed by atoms with Crippen molar-refractivity contribution in [1.82, 2.24) is 0 Å². The second-order valence-corrected chi connectivity index (χ2v) is 0. The van der Waals surface area contributed by atoms with Gasteiger partial charge in [-0.25, -0.2) is 0 Å². The zero-order valence-electron chi connectivity index (χ0n) is 2.29. The minimum Gasteiger partial charge on any atom is -3.00 e. The molecule has 5 heteroatoms. The molecule has 0 aliphatic heterocycles. The van der Waals surface area contributed by atoms with Crippen LogP contribution in [0.5, 0.6) is 0 Å². The molecule has 0 unspecified atom stereocenters. The normalized spacial score (nSPS) is 0. The summed E-state index contributed by atoms with van der Waals surface area (Å²) >= 11 is 0. The second-order valence-electron chi connectivity index (χ2n) is 0. The number of hydrogen-bond acceptors (Lipinski definition) is 0. The monoisotopic (exact) mass is 297 g/mol. The molecule has 0 amide bonds. The molecule has 0 aromatic carbocycles. The molecule has 24 valence electrons. The summed E-state index contributed by atoms with van der Waals surface area (Å²) < 4.78 is 0. The first-order valence-corrected chi connectivity index (χ1v) is 0. The average molecular weight is 296 g/mol. The van der Waals surface area contributed by atoms with Crippen LogP contribution in [0.2, 0.25) is 0 Å². The van der Waals surface area contributed by atoms with E-state index in [4.69, 9.17) is 0 Å². The van der Waals surface area contributed by atoms with E-state index < -0.39 is 0 Å². The van der Waals surface area contributed by atoms with Gasteiger partial charge in [-0.3, -0.25) is 0 Å². The maximum absolute atomic E-state index is 0. The van der Waals surface area contributed by atoms with Crippen molar-refractivity contribution in [3.63, 3.8) is 0 Å². The van der Waals surface area contributed by atoms with Gasteiger partial charge in [0.25, 0.3) is 0 Å². The molecule has 0 saturated heterocycles. The van der Waals surface area contributed by atoms with Crippen molar-refractivity contribution in [3.8, 4) is 0 Å². The Hall–Kier alpha value is 1.16. The minimum absolute atomic E-state index is 0. The summed E-state index contributed by atoms with van der Waals surface area (Å²) in [4.78, 5) is 0. The summed E-state index contributed by atoms with van der Waals surface area (Å²) in [6, 6.07) is 0. The molecule has 0 saturated carbocycles. The van der Waals surface area contributed by atoms with Gasteiger partial charge in [-0.2, -0.15) is 0 Å². The van der Waals surface area contributed by atoms with Crippen LogP contribution in [0.25, 0.3) is 18.5 Å². The van der Waals surface area contributed by atoms with Gasteiger partial charge in [0, 0.05) is 0 Å². The SMILES string of the molecule is [Ge+4].[N-3].[N-3].[N-3].[Ta+5]. The minimum atomic E-state index is 0. The maximum Gasteiger partial charge on any atom is 5.00 e. The molecule has 0 aromatic rings. The van der Waals surface area contributed by atoms with Gasteiger partial charge < -0.3 is 18.5 Å². The Labute approximate surface area is 58.5 Å². The van der Waals surface area contributed by atoms with Gasteiger partial charge in [0.2, 0.25) is 0 Å². The zero-order chi connectivity index (χ0) is 0. The van der Waals surface area contributed by atoms with Crippen molar-refractivity contribution in [2.45, 2.75) is 0 Å². The Morgan fingerprint density at radius 1 is 0.600 bits per heavy atom. The molecule has 0 heterocycles. The Bertz CT molecular complexity index is 6.85. The first-order chi connectivity index (χ1) is 0. The predicted octanol–water partition coefficient (Wildman–Crippen LogP) is 0.483. The van der Waals surface area contributed by atoms with Crippen molar-refractivity contribution >= 4 is 17.6 Å². The van der Waals surface area contributed by atoms with Crippen LogP contribution >= 0.6 is 0 Å². The topological polar surface area (TPSA) is 91.5 Å². The van der Waals surface area contributed by atoms with Crippen LogP contribution in [0.15, 0.2) is 0 Å². The number of nitrogens with zero attached hydrogens (tertiary/aromatic N) is 3. The summed E-state index contributed by atoms with van der Waals surface area (Å²) in [5.74, 6) is 0. The van der Waals surface area contributed by atoms with E-state index in [0.29, 0.717) is 0 Å². The van der Waals surface area contributed by atoms with Crippen molar-refractivity contribution in [2.75, 3.05) is 0 Å². The van der Waals surface area contributed by atoms with Crippen LogP contribution in [-0.4, -0.2) is 17.6 Å². The molecule has 0 aromatic heterocycles. The molecule has 0 aliphatic carbocycles. The molecule has 0 atom stereocenters. The van der Waals surface area contributed by atoms with Gasteiger partial charge >= 0.3 is 40.0 Å². The Morgan fingerprint density at radius 3 is 0.600 bits per heavy atom. The smallest absolute Gasteiger partial charge is 3.00 e. The Kier molecular flexibility index (Phi) is 1610. The molecule has 0 N–H and O–H groups in total. The third kappa shape index (κ3) is 38.2. The summed E-state index contributed by atoms with van der Waals surface area (Å²) in [6.45, 7) is 0. The fourth-order valence-corrected chi connectivity index (χ4v) is 0. The van der Waals surface area contributed by atoms with Crippen LogP contribution < -0.4 is 0 Å². The van der Waals surface area contributed by atoms with E-state index in [-0.39, 0.29) is 58.4 Å². The van der Waals surface area contributed by atoms with Crippen molar-refractivity contribution in [2.24, 2.45) is 0 Å².